The summed E-state index contributed by atoms with van der Waals surface area (Å²) in [6.07, 6.45) is -4.53. The highest BCUT2D eigenvalue weighted by Gasteiger charge is 2.30. The molecule has 0 amide bonds. The van der Waals surface area contributed by atoms with Gasteiger partial charge in [0.05, 0.1) is 16.9 Å². The summed E-state index contributed by atoms with van der Waals surface area (Å²) in [6, 6.07) is 13.2. The molecule has 2 aromatic carbocycles. The Balaban J connectivity index is 1.87. The number of nitrogens with one attached hydrogen (secondary N) is 1. The minimum atomic E-state index is -4.53. The number of rotatable bonds is 3. The molecule has 0 atom stereocenters. The van der Waals surface area contributed by atoms with Crippen LogP contribution >= 0.6 is 0 Å². The van der Waals surface area contributed by atoms with Crippen LogP contribution in [0.3, 0.4) is 0 Å². The first-order valence-corrected chi connectivity index (χ1v) is 9.19. The summed E-state index contributed by atoms with van der Waals surface area (Å²) in [5, 5.41) is 19.8. The number of benzene rings is 2. The van der Waals surface area contributed by atoms with E-state index in [9.17, 15) is 23.2 Å². The number of nitrogen functional groups attached to an aromatic ring is 1. The van der Waals surface area contributed by atoms with E-state index in [1.54, 1.807) is 24.3 Å². The zero-order valence-corrected chi connectivity index (χ0v) is 16.5. The van der Waals surface area contributed by atoms with Crippen LogP contribution in [0.15, 0.2) is 63.6 Å². The molecule has 11 heteroatoms. The van der Waals surface area contributed by atoms with Crippen LogP contribution in [-0.4, -0.2) is 14.6 Å². The van der Waals surface area contributed by atoms with Crippen molar-refractivity contribution in [3.05, 3.63) is 75.6 Å². The fourth-order valence-electron chi connectivity index (χ4n) is 3.05. The van der Waals surface area contributed by atoms with E-state index in [0.29, 0.717) is 5.56 Å². The Labute approximate surface area is 178 Å². The van der Waals surface area contributed by atoms with E-state index in [1.807, 2.05) is 13.0 Å². The monoisotopic (exact) mass is 437 g/mol. The van der Waals surface area contributed by atoms with Gasteiger partial charge in [0.25, 0.3) is 5.56 Å². The molecule has 32 heavy (non-hydrogen) atoms. The van der Waals surface area contributed by atoms with Crippen LogP contribution in [-0.2, 0) is 6.18 Å². The van der Waals surface area contributed by atoms with Gasteiger partial charge in [0.1, 0.15) is 17.5 Å². The van der Waals surface area contributed by atoms with Gasteiger partial charge in [-0.1, -0.05) is 35.9 Å². The predicted octanol–water partition coefficient (Wildman–Crippen LogP) is 4.89. The van der Waals surface area contributed by atoms with Crippen molar-refractivity contribution < 1.29 is 13.2 Å². The molecule has 0 bridgehead atoms. The van der Waals surface area contributed by atoms with Crippen molar-refractivity contribution in [1.82, 2.24) is 14.6 Å². The van der Waals surface area contributed by atoms with Crippen LogP contribution in [0.1, 0.15) is 16.7 Å². The van der Waals surface area contributed by atoms with E-state index in [2.05, 4.69) is 20.3 Å². The lowest BCUT2D eigenvalue weighted by atomic mass is 10.1. The molecule has 0 aliphatic rings. The van der Waals surface area contributed by atoms with Crippen molar-refractivity contribution in [1.29, 1.82) is 5.26 Å². The summed E-state index contributed by atoms with van der Waals surface area (Å²) in [4.78, 5) is 17.2. The summed E-state index contributed by atoms with van der Waals surface area (Å²) in [5.74, 6) is -0.0877. The number of aromatic nitrogens is 3. The SMILES string of the molecule is Cc1ccc(-c2nc3c(N=Nc4cccc(C(F)(F)F)c4)c(N)[nH]n3c(=O)c2C#N)cc1. The second-order valence-corrected chi connectivity index (χ2v) is 6.90. The number of alkyl halides is 3. The lowest BCUT2D eigenvalue weighted by Crippen LogP contribution is -2.19. The van der Waals surface area contributed by atoms with Crippen LogP contribution in [0.5, 0.6) is 0 Å². The molecule has 160 valence electrons. The topological polar surface area (TPSA) is 125 Å². The van der Waals surface area contributed by atoms with E-state index in [4.69, 9.17) is 5.73 Å². The van der Waals surface area contributed by atoms with Gasteiger partial charge < -0.3 is 5.73 Å². The Morgan fingerprint density at radius 2 is 1.88 bits per heavy atom. The third-order valence-electron chi connectivity index (χ3n) is 4.66. The summed E-state index contributed by atoms with van der Waals surface area (Å²) in [7, 11) is 0. The van der Waals surface area contributed by atoms with Crippen LogP contribution < -0.4 is 11.3 Å². The zero-order valence-electron chi connectivity index (χ0n) is 16.5. The molecule has 0 spiro atoms. The number of anilines is 1. The minimum absolute atomic E-state index is 0.0159. The highest BCUT2D eigenvalue weighted by molar-refractivity contribution is 5.79. The van der Waals surface area contributed by atoms with Crippen LogP contribution in [0.25, 0.3) is 16.9 Å². The fourth-order valence-corrected chi connectivity index (χ4v) is 3.05. The number of hydrogen-bond donors (Lipinski definition) is 2. The number of aromatic amines is 1. The number of H-pyrrole nitrogens is 1. The number of halogens is 3. The number of nitriles is 1. The Hall–Kier alpha value is -4.46. The molecule has 8 nitrogen and oxygen atoms in total. The molecule has 0 saturated carbocycles. The van der Waals surface area contributed by atoms with E-state index in [0.717, 1.165) is 22.2 Å². The van der Waals surface area contributed by atoms with E-state index in [1.165, 1.54) is 12.1 Å². The second kappa shape index (κ2) is 7.66. The average Bonchev–Trinajstić information content (AvgIpc) is 3.08. The summed E-state index contributed by atoms with van der Waals surface area (Å²) in [6.45, 7) is 1.89. The van der Waals surface area contributed by atoms with Crippen molar-refractivity contribution in [3.63, 3.8) is 0 Å². The van der Waals surface area contributed by atoms with Gasteiger partial charge in [-0.05, 0) is 25.1 Å². The van der Waals surface area contributed by atoms with Crippen molar-refractivity contribution in [2.75, 3.05) is 5.73 Å². The summed E-state index contributed by atoms with van der Waals surface area (Å²) < 4.78 is 39.7. The molecule has 4 aromatic rings. The van der Waals surface area contributed by atoms with Gasteiger partial charge in [-0.25, -0.2) is 4.98 Å². The third-order valence-corrected chi connectivity index (χ3v) is 4.66. The first-order chi connectivity index (χ1) is 15.2. The molecule has 0 saturated heterocycles. The molecule has 0 aliphatic carbocycles. The number of hydrogen-bond acceptors (Lipinski definition) is 6. The van der Waals surface area contributed by atoms with Gasteiger partial charge in [-0.15, -0.1) is 5.11 Å². The second-order valence-electron chi connectivity index (χ2n) is 6.90. The lowest BCUT2D eigenvalue weighted by molar-refractivity contribution is -0.137. The number of nitrogens with zero attached hydrogens (tertiary/aromatic N) is 5. The molecule has 3 N–H and O–H groups in total. The van der Waals surface area contributed by atoms with Crippen LogP contribution in [0.2, 0.25) is 0 Å². The quantitative estimate of drug-likeness (QED) is 0.443. The highest BCUT2D eigenvalue weighted by Crippen LogP contribution is 2.33. The van der Waals surface area contributed by atoms with Crippen LogP contribution in [0, 0.1) is 18.3 Å². The standard InChI is InChI=1S/C21H14F3N7O/c1-11-5-7-12(8-6-11)16-15(10-25)20(32)31-19(27-16)17(18(26)30-31)29-28-14-4-2-3-13(9-14)21(22,23)24/h2-9,30H,26H2,1H3. The van der Waals surface area contributed by atoms with Gasteiger partial charge in [0.2, 0.25) is 0 Å². The lowest BCUT2D eigenvalue weighted by Gasteiger charge is -2.06. The molecular weight excluding hydrogens is 423 g/mol. The Morgan fingerprint density at radius 1 is 1.16 bits per heavy atom. The molecule has 0 unspecified atom stereocenters. The highest BCUT2D eigenvalue weighted by atomic mass is 19.4. The number of aryl methyl sites for hydroxylation is 1. The molecule has 2 aromatic heterocycles. The molecular formula is C21H14F3N7O. The van der Waals surface area contributed by atoms with Crippen molar-refractivity contribution >= 4 is 22.8 Å². The van der Waals surface area contributed by atoms with Gasteiger partial charge >= 0.3 is 6.18 Å². The summed E-state index contributed by atoms with van der Waals surface area (Å²) in [5.41, 5.74) is 5.66. The van der Waals surface area contributed by atoms with Crippen molar-refractivity contribution in [2.24, 2.45) is 10.2 Å². The van der Waals surface area contributed by atoms with E-state index in [-0.39, 0.29) is 34.1 Å². The van der Waals surface area contributed by atoms with Gasteiger partial charge in [0.15, 0.2) is 11.3 Å². The summed E-state index contributed by atoms with van der Waals surface area (Å²) >= 11 is 0. The zero-order chi connectivity index (χ0) is 23.0. The predicted molar refractivity (Wildman–Crippen MR) is 111 cm³/mol. The average molecular weight is 437 g/mol. The molecule has 0 fully saturated rings. The Kier molecular flexibility index (Phi) is 4.98. The first kappa shape index (κ1) is 20.8. The smallest absolute Gasteiger partial charge is 0.382 e. The van der Waals surface area contributed by atoms with Gasteiger partial charge in [0, 0.05) is 5.56 Å². The molecule has 2 heterocycles. The number of nitrogens with two attached hydrogens (primary N) is 1. The Bertz CT molecular complexity index is 1460. The van der Waals surface area contributed by atoms with Crippen molar-refractivity contribution in [2.45, 2.75) is 13.1 Å². The molecule has 0 radical (unpaired) electrons. The van der Waals surface area contributed by atoms with Gasteiger partial charge in [-0.2, -0.15) is 28.1 Å². The Morgan fingerprint density at radius 3 is 2.53 bits per heavy atom. The fraction of sp³-hybridized carbons (Fsp3) is 0.0952. The largest absolute Gasteiger partial charge is 0.416 e. The number of fused-ring (bicyclic) bond motifs is 1. The molecule has 4 rings (SSSR count). The van der Waals surface area contributed by atoms with E-state index >= 15 is 0 Å². The first-order valence-electron chi connectivity index (χ1n) is 9.19. The maximum absolute atomic E-state index is 12.9. The van der Waals surface area contributed by atoms with Crippen molar-refractivity contribution in [3.8, 4) is 17.3 Å². The van der Waals surface area contributed by atoms with E-state index < -0.39 is 17.3 Å². The van der Waals surface area contributed by atoms with Crippen LogP contribution in [0.4, 0.5) is 30.4 Å². The maximum Gasteiger partial charge on any atom is 0.416 e. The molecule has 0 aliphatic heterocycles. The minimum Gasteiger partial charge on any atom is -0.382 e. The number of azo groups is 1. The van der Waals surface area contributed by atoms with Gasteiger partial charge in [-0.3, -0.25) is 9.89 Å². The normalized spacial score (nSPS) is 11.8. The maximum atomic E-state index is 12.9. The third kappa shape index (κ3) is 3.69.